The van der Waals surface area contributed by atoms with Crippen molar-refractivity contribution in [3.05, 3.63) is 121 Å². The van der Waals surface area contributed by atoms with Crippen molar-refractivity contribution in [1.29, 1.82) is 0 Å². The van der Waals surface area contributed by atoms with Crippen molar-refractivity contribution >= 4 is 74.5 Å². The first kappa shape index (κ1) is 60.5. The van der Waals surface area contributed by atoms with Crippen LogP contribution in [0, 0.1) is 11.8 Å². The van der Waals surface area contributed by atoms with Gasteiger partial charge in [-0.3, -0.25) is 0 Å². The number of hydrogen-bond acceptors (Lipinski definition) is 14. The highest BCUT2D eigenvalue weighted by Gasteiger charge is 2.57. The number of hydrogen-bond donors (Lipinski definition) is 0. The molecule has 0 aromatic heterocycles. The monoisotopic (exact) mass is 1100 g/mol. The Bertz CT molecular complexity index is 1750. The topological polar surface area (TPSA) is 129 Å². The fourth-order valence-corrected chi connectivity index (χ4v) is 30.5. The molecule has 0 radical (unpaired) electrons. The van der Waals surface area contributed by atoms with Crippen molar-refractivity contribution in [2.24, 2.45) is 11.8 Å². The van der Waals surface area contributed by atoms with Crippen LogP contribution in [-0.4, -0.2) is 133 Å². The van der Waals surface area contributed by atoms with Crippen molar-refractivity contribution in [1.82, 2.24) is 0 Å². The summed E-state index contributed by atoms with van der Waals surface area (Å²) in [6.07, 6.45) is 4.23. The summed E-state index contributed by atoms with van der Waals surface area (Å²) in [6.45, 7) is 21.4. The molecule has 72 heavy (non-hydrogen) atoms. The van der Waals surface area contributed by atoms with Gasteiger partial charge >= 0.3 is 53.8 Å². The van der Waals surface area contributed by atoms with E-state index in [1.807, 2.05) is 128 Å². The standard InChI is InChI=1S/C52H84O14Si6/c1-9-55-67(56-10-2)63-71(49-29-21-17-22-30-49,50-31-23-18-24-32-50)65-69(59-13-5,60-14-6)43-41-53-45-47-37-39-48(40-38-47)46-54-42-44-70(61-15-7,62-16-8)66-72(51-33-25-19-26-34-51,52-35-27-20-28-36-52)64-68(57-11-3)58-12-4/h17-36,47-48,67-68H,9-16,37-46H2,1-8H3. The average Bonchev–Trinajstić information content (AvgIpc) is 3.40. The van der Waals surface area contributed by atoms with Crippen LogP contribution in [0.5, 0.6) is 0 Å². The minimum Gasteiger partial charge on any atom is -0.389 e. The first-order valence-corrected chi connectivity index (χ1v) is 36.7. The lowest BCUT2D eigenvalue weighted by molar-refractivity contribution is 0.0425. The van der Waals surface area contributed by atoms with E-state index in [1.54, 1.807) is 0 Å². The van der Waals surface area contributed by atoms with Gasteiger partial charge in [0.2, 0.25) is 0 Å². The first-order chi connectivity index (χ1) is 35.2. The molecule has 0 unspecified atom stereocenters. The third kappa shape index (κ3) is 17.9. The first-order valence-electron chi connectivity index (χ1n) is 26.4. The van der Waals surface area contributed by atoms with E-state index in [-0.39, 0.29) is 0 Å². The second kappa shape index (κ2) is 32.9. The molecule has 0 aliphatic heterocycles. The van der Waals surface area contributed by atoms with Gasteiger partial charge in [-0.05, 0) is 114 Å². The SMILES string of the molecule is CCO[SiH](OCC)O[Si](O[Si](CCOCC1CCC(COCC[Si](OCC)(OCC)O[Si](O[SiH](OCC)OCC)(c2ccccc2)c2ccccc2)CC1)(OCC)OCC)(c1ccccc1)c1ccccc1. The molecule has 1 saturated carbocycles. The summed E-state index contributed by atoms with van der Waals surface area (Å²) in [5, 5.41) is 3.72. The van der Waals surface area contributed by atoms with Gasteiger partial charge in [0.1, 0.15) is 0 Å². The van der Waals surface area contributed by atoms with Gasteiger partial charge in [0.25, 0.3) is 0 Å². The zero-order chi connectivity index (χ0) is 51.4. The summed E-state index contributed by atoms with van der Waals surface area (Å²) in [5.41, 5.74) is 0. The highest BCUT2D eigenvalue weighted by Crippen LogP contribution is 2.31. The Morgan fingerprint density at radius 1 is 0.375 bits per heavy atom. The van der Waals surface area contributed by atoms with Gasteiger partial charge in [0.15, 0.2) is 0 Å². The van der Waals surface area contributed by atoms with Gasteiger partial charge in [-0.1, -0.05) is 121 Å². The van der Waals surface area contributed by atoms with Gasteiger partial charge in [-0.15, -0.1) is 0 Å². The van der Waals surface area contributed by atoms with Crippen LogP contribution >= 0.6 is 0 Å². The molecule has 400 valence electrons. The Balaban J connectivity index is 1.23. The van der Waals surface area contributed by atoms with Gasteiger partial charge in [-0.25, -0.2) is 0 Å². The van der Waals surface area contributed by atoms with Crippen LogP contribution in [0.1, 0.15) is 81.1 Å². The van der Waals surface area contributed by atoms with Crippen molar-refractivity contribution in [2.75, 3.05) is 79.3 Å². The fraction of sp³-hybridized carbons (Fsp3) is 0.538. The molecule has 0 atom stereocenters. The van der Waals surface area contributed by atoms with E-state index in [9.17, 15) is 0 Å². The second-order valence-electron chi connectivity index (χ2n) is 17.2. The molecule has 1 aliphatic carbocycles. The van der Waals surface area contributed by atoms with Crippen LogP contribution in [0.2, 0.25) is 12.1 Å². The highest BCUT2D eigenvalue weighted by atomic mass is 28.5. The summed E-state index contributed by atoms with van der Waals surface area (Å²) in [7, 11) is -19.3. The lowest BCUT2D eigenvalue weighted by Gasteiger charge is -2.41. The van der Waals surface area contributed by atoms with E-state index in [0.29, 0.717) is 103 Å². The second-order valence-corrected chi connectivity index (χ2v) is 32.8. The molecule has 4 aromatic rings. The van der Waals surface area contributed by atoms with Crippen molar-refractivity contribution in [3.63, 3.8) is 0 Å². The summed E-state index contributed by atoms with van der Waals surface area (Å²) >= 11 is 0. The summed E-state index contributed by atoms with van der Waals surface area (Å²) in [5.74, 6) is 0.873. The fourth-order valence-electron chi connectivity index (χ4n) is 8.94. The molecule has 0 bridgehead atoms. The molecule has 0 saturated heterocycles. The molecule has 14 nitrogen and oxygen atoms in total. The van der Waals surface area contributed by atoms with Gasteiger partial charge < -0.3 is 61.3 Å². The van der Waals surface area contributed by atoms with Crippen molar-refractivity contribution < 1.29 is 61.3 Å². The molecule has 0 amide bonds. The molecule has 5 rings (SSSR count). The number of ether oxygens (including phenoxy) is 2. The van der Waals surface area contributed by atoms with E-state index in [0.717, 1.165) is 46.4 Å². The molecule has 20 heteroatoms. The molecule has 4 aromatic carbocycles. The molecular weight excluding hydrogens is 1020 g/mol. The van der Waals surface area contributed by atoms with Crippen LogP contribution in [0.3, 0.4) is 0 Å². The minimum atomic E-state index is -3.55. The molecule has 0 heterocycles. The van der Waals surface area contributed by atoms with Gasteiger partial charge in [-0.2, -0.15) is 0 Å². The van der Waals surface area contributed by atoms with Crippen LogP contribution in [0.25, 0.3) is 0 Å². The quantitative estimate of drug-likeness (QED) is 0.0337. The van der Waals surface area contributed by atoms with Crippen LogP contribution in [0.4, 0.5) is 0 Å². The number of rotatable bonds is 38. The van der Waals surface area contributed by atoms with E-state index in [1.165, 1.54) is 0 Å². The summed E-state index contributed by atoms with van der Waals surface area (Å²) in [4.78, 5) is 0. The Morgan fingerprint density at radius 3 is 0.875 bits per heavy atom. The van der Waals surface area contributed by atoms with E-state index < -0.39 is 53.8 Å². The molecule has 1 fully saturated rings. The summed E-state index contributed by atoms with van der Waals surface area (Å²) in [6, 6.07) is 41.5. The third-order valence-electron chi connectivity index (χ3n) is 12.2. The Morgan fingerprint density at radius 2 is 0.639 bits per heavy atom. The van der Waals surface area contributed by atoms with Crippen LogP contribution < -0.4 is 20.7 Å². The Kier molecular flexibility index (Phi) is 27.7. The van der Waals surface area contributed by atoms with E-state index >= 15 is 0 Å². The zero-order valence-corrected chi connectivity index (χ0v) is 50.6. The summed E-state index contributed by atoms with van der Waals surface area (Å²) < 4.78 is 93.2. The van der Waals surface area contributed by atoms with Gasteiger partial charge in [0, 0.05) is 78.2 Å². The van der Waals surface area contributed by atoms with E-state index in [4.69, 9.17) is 61.3 Å². The normalized spacial score (nSPS) is 16.0. The van der Waals surface area contributed by atoms with E-state index in [2.05, 4.69) is 48.5 Å². The smallest absolute Gasteiger partial charge is 0.389 e. The molecule has 0 N–H and O–H groups in total. The maximum atomic E-state index is 7.46. The lowest BCUT2D eigenvalue weighted by atomic mass is 9.83. The Labute approximate surface area is 439 Å². The number of benzene rings is 4. The predicted molar refractivity (Wildman–Crippen MR) is 296 cm³/mol. The third-order valence-corrected chi connectivity index (χ3v) is 32.5. The maximum Gasteiger partial charge on any atom is 0.494 e. The average molecular weight is 1100 g/mol. The minimum absolute atomic E-state index is 0.417. The molecule has 1 aliphatic rings. The zero-order valence-electron chi connectivity index (χ0n) is 44.3. The predicted octanol–water partition coefficient (Wildman–Crippen LogP) is 7.01. The van der Waals surface area contributed by atoms with Crippen LogP contribution in [0.15, 0.2) is 121 Å². The Hall–Kier alpha value is -2.38. The van der Waals surface area contributed by atoms with Crippen molar-refractivity contribution in [2.45, 2.75) is 93.2 Å². The maximum absolute atomic E-state index is 7.46. The molecular formula is C52H84O14Si6. The lowest BCUT2D eigenvalue weighted by Crippen LogP contribution is -2.71. The van der Waals surface area contributed by atoms with Gasteiger partial charge in [0.05, 0.1) is 13.2 Å². The highest BCUT2D eigenvalue weighted by molar-refractivity contribution is 7.00. The largest absolute Gasteiger partial charge is 0.494 e. The van der Waals surface area contributed by atoms with Crippen molar-refractivity contribution in [3.8, 4) is 0 Å². The molecule has 0 spiro atoms. The van der Waals surface area contributed by atoms with Crippen LogP contribution in [-0.2, 0) is 61.3 Å².